The molecule has 0 spiro atoms. The predicted octanol–water partition coefficient (Wildman–Crippen LogP) is 2.20. The summed E-state index contributed by atoms with van der Waals surface area (Å²) in [7, 11) is -3.70. The van der Waals surface area contributed by atoms with E-state index in [-0.39, 0.29) is 9.79 Å². The zero-order valence-electron chi connectivity index (χ0n) is 13.9. The highest BCUT2D eigenvalue weighted by molar-refractivity contribution is 7.91. The molecule has 1 aromatic carbocycles. The largest absolute Gasteiger partial charge is 0.326 e. The van der Waals surface area contributed by atoms with E-state index in [2.05, 4.69) is 10.1 Å². The van der Waals surface area contributed by atoms with Gasteiger partial charge in [0.05, 0.1) is 10.6 Å². The number of sulfone groups is 1. The first-order valence-electron chi connectivity index (χ1n) is 7.79. The molecule has 0 amide bonds. The molecule has 0 aliphatic carbocycles. The van der Waals surface area contributed by atoms with Crippen molar-refractivity contribution in [2.24, 2.45) is 5.73 Å². The van der Waals surface area contributed by atoms with Gasteiger partial charge >= 0.3 is 0 Å². The smallest absolute Gasteiger partial charge is 0.212 e. The summed E-state index contributed by atoms with van der Waals surface area (Å²) in [5.74, 6) is 0. The first kappa shape index (κ1) is 16.6. The van der Waals surface area contributed by atoms with E-state index in [1.165, 1.54) is 0 Å². The standard InChI is InChI=1S/C17H20N4O2S/c1-4-15-16(24(22,23)13-8-6-5-7-9-13)17-19-11(2)14(10-18)12(3)21(17)20-15/h5-9H,4,10,18H2,1-3H3. The second kappa shape index (κ2) is 5.99. The molecule has 0 saturated heterocycles. The van der Waals surface area contributed by atoms with Crippen LogP contribution in [0.1, 0.15) is 29.6 Å². The molecule has 0 saturated carbocycles. The summed E-state index contributed by atoms with van der Waals surface area (Å²) < 4.78 is 27.9. The Labute approximate surface area is 141 Å². The van der Waals surface area contributed by atoms with Gasteiger partial charge in [-0.3, -0.25) is 0 Å². The van der Waals surface area contributed by atoms with Crippen LogP contribution in [0.3, 0.4) is 0 Å². The fourth-order valence-electron chi connectivity index (χ4n) is 2.91. The average Bonchev–Trinajstić information content (AvgIpc) is 2.95. The molecule has 7 heteroatoms. The van der Waals surface area contributed by atoms with Crippen molar-refractivity contribution < 1.29 is 8.42 Å². The maximum Gasteiger partial charge on any atom is 0.212 e. The van der Waals surface area contributed by atoms with Crippen LogP contribution in [-0.4, -0.2) is 23.0 Å². The number of benzene rings is 1. The number of hydrogen-bond donors (Lipinski definition) is 1. The summed E-state index contributed by atoms with van der Waals surface area (Å²) in [5, 5.41) is 4.49. The molecule has 0 aliphatic rings. The van der Waals surface area contributed by atoms with Crippen LogP contribution in [-0.2, 0) is 22.8 Å². The normalized spacial score (nSPS) is 12.0. The molecule has 126 valence electrons. The van der Waals surface area contributed by atoms with E-state index in [1.807, 2.05) is 20.8 Å². The van der Waals surface area contributed by atoms with Gasteiger partial charge in [0.15, 0.2) is 5.65 Å². The van der Waals surface area contributed by atoms with E-state index < -0.39 is 9.84 Å². The van der Waals surface area contributed by atoms with E-state index in [9.17, 15) is 8.42 Å². The second-order valence-corrected chi connectivity index (χ2v) is 7.53. The highest BCUT2D eigenvalue weighted by Gasteiger charge is 2.28. The predicted molar refractivity (Wildman–Crippen MR) is 91.6 cm³/mol. The summed E-state index contributed by atoms with van der Waals surface area (Å²) in [6, 6.07) is 8.38. The molecule has 0 aliphatic heterocycles. The second-order valence-electron chi connectivity index (χ2n) is 5.65. The van der Waals surface area contributed by atoms with Crippen LogP contribution in [0.5, 0.6) is 0 Å². The number of nitrogens with zero attached hydrogens (tertiary/aromatic N) is 3. The van der Waals surface area contributed by atoms with E-state index in [1.54, 1.807) is 34.8 Å². The van der Waals surface area contributed by atoms with E-state index in [0.29, 0.717) is 24.3 Å². The molecule has 0 fully saturated rings. The summed E-state index contributed by atoms with van der Waals surface area (Å²) >= 11 is 0. The molecule has 2 aromatic heterocycles. The van der Waals surface area contributed by atoms with Crippen molar-refractivity contribution in [3.8, 4) is 0 Å². The third-order valence-corrected chi connectivity index (χ3v) is 6.06. The Bertz CT molecular complexity index is 1010. The molecule has 6 nitrogen and oxygen atoms in total. The zero-order chi connectivity index (χ0) is 17.5. The fraction of sp³-hybridized carbons (Fsp3) is 0.294. The van der Waals surface area contributed by atoms with Crippen LogP contribution in [0.15, 0.2) is 40.1 Å². The van der Waals surface area contributed by atoms with Crippen LogP contribution in [0.2, 0.25) is 0 Å². The summed E-state index contributed by atoms with van der Waals surface area (Å²) in [5.41, 5.74) is 9.12. The third kappa shape index (κ3) is 2.40. The van der Waals surface area contributed by atoms with Gasteiger partial charge in [0.2, 0.25) is 9.84 Å². The first-order chi connectivity index (χ1) is 11.4. The van der Waals surface area contributed by atoms with Crippen LogP contribution in [0.25, 0.3) is 5.65 Å². The quantitative estimate of drug-likeness (QED) is 0.783. The molecule has 3 rings (SSSR count). The summed E-state index contributed by atoms with van der Waals surface area (Å²) in [4.78, 5) is 4.94. The lowest BCUT2D eigenvalue weighted by atomic mass is 10.2. The van der Waals surface area contributed by atoms with Crippen molar-refractivity contribution in [2.45, 2.75) is 43.5 Å². The number of aromatic nitrogens is 3. The highest BCUT2D eigenvalue weighted by Crippen LogP contribution is 2.29. The Hall–Kier alpha value is -2.25. The number of fused-ring (bicyclic) bond motifs is 1. The number of nitrogens with two attached hydrogens (primary N) is 1. The average molecular weight is 344 g/mol. The topological polar surface area (TPSA) is 90.3 Å². The molecule has 2 N–H and O–H groups in total. The fourth-order valence-corrected chi connectivity index (χ4v) is 4.53. The van der Waals surface area contributed by atoms with Gasteiger partial charge in [-0.05, 0) is 32.4 Å². The lowest BCUT2D eigenvalue weighted by Gasteiger charge is -2.09. The van der Waals surface area contributed by atoms with Gasteiger partial charge in [0.25, 0.3) is 0 Å². The lowest BCUT2D eigenvalue weighted by molar-refractivity contribution is 0.595. The Kier molecular flexibility index (Phi) is 4.15. The summed E-state index contributed by atoms with van der Waals surface area (Å²) in [6.07, 6.45) is 0.501. The zero-order valence-corrected chi connectivity index (χ0v) is 14.8. The van der Waals surface area contributed by atoms with Gasteiger partial charge in [-0.1, -0.05) is 25.1 Å². The SMILES string of the molecule is CCc1nn2c(C)c(CN)c(C)nc2c1S(=O)(=O)c1ccccc1. The maximum absolute atomic E-state index is 13.1. The van der Waals surface area contributed by atoms with Gasteiger partial charge in [-0.15, -0.1) is 0 Å². The van der Waals surface area contributed by atoms with Crippen molar-refractivity contribution in [3.05, 3.63) is 53.0 Å². The highest BCUT2D eigenvalue weighted by atomic mass is 32.2. The van der Waals surface area contributed by atoms with Crippen molar-refractivity contribution in [3.63, 3.8) is 0 Å². The molecule has 0 radical (unpaired) electrons. The van der Waals surface area contributed by atoms with Crippen molar-refractivity contribution in [2.75, 3.05) is 0 Å². The molecule has 0 bridgehead atoms. The molecular formula is C17H20N4O2S. The van der Waals surface area contributed by atoms with Crippen LogP contribution in [0, 0.1) is 13.8 Å². The molecule has 0 atom stereocenters. The summed E-state index contributed by atoms with van der Waals surface area (Å²) in [6.45, 7) is 5.95. The first-order valence-corrected chi connectivity index (χ1v) is 9.28. The molecule has 24 heavy (non-hydrogen) atoms. The van der Waals surface area contributed by atoms with Crippen molar-refractivity contribution >= 4 is 15.5 Å². The monoisotopic (exact) mass is 344 g/mol. The Morgan fingerprint density at radius 3 is 2.42 bits per heavy atom. The minimum Gasteiger partial charge on any atom is -0.326 e. The molecule has 2 heterocycles. The molecule has 3 aromatic rings. The third-order valence-electron chi connectivity index (χ3n) is 4.21. The van der Waals surface area contributed by atoms with Crippen molar-refractivity contribution in [1.82, 2.24) is 14.6 Å². The van der Waals surface area contributed by atoms with Gasteiger partial charge in [0, 0.05) is 23.5 Å². The Balaban J connectivity index is 2.40. The minimum atomic E-state index is -3.70. The van der Waals surface area contributed by atoms with E-state index >= 15 is 0 Å². The minimum absolute atomic E-state index is 0.186. The van der Waals surface area contributed by atoms with E-state index in [0.717, 1.165) is 17.0 Å². The Morgan fingerprint density at radius 2 is 1.83 bits per heavy atom. The number of rotatable bonds is 4. The van der Waals surface area contributed by atoms with Crippen LogP contribution < -0.4 is 5.73 Å². The Morgan fingerprint density at radius 1 is 1.17 bits per heavy atom. The molecule has 0 unspecified atom stereocenters. The number of hydrogen-bond acceptors (Lipinski definition) is 5. The van der Waals surface area contributed by atoms with E-state index in [4.69, 9.17) is 5.73 Å². The maximum atomic E-state index is 13.1. The van der Waals surface area contributed by atoms with Gasteiger partial charge in [0.1, 0.15) is 4.90 Å². The lowest BCUT2D eigenvalue weighted by Crippen LogP contribution is -2.10. The van der Waals surface area contributed by atoms with Gasteiger partial charge in [-0.2, -0.15) is 5.10 Å². The van der Waals surface area contributed by atoms with Gasteiger partial charge in [-0.25, -0.2) is 17.9 Å². The molecular weight excluding hydrogens is 324 g/mol. The number of aryl methyl sites for hydroxylation is 3. The van der Waals surface area contributed by atoms with Crippen LogP contribution in [0.4, 0.5) is 0 Å². The van der Waals surface area contributed by atoms with Gasteiger partial charge < -0.3 is 5.73 Å². The van der Waals surface area contributed by atoms with Crippen molar-refractivity contribution in [1.29, 1.82) is 0 Å². The van der Waals surface area contributed by atoms with Crippen LogP contribution >= 0.6 is 0 Å².